The molecule has 0 aliphatic carbocycles. The average molecular weight is 354 g/mol. The zero-order valence-electron chi connectivity index (χ0n) is 16.0. The van der Waals surface area contributed by atoms with E-state index >= 15 is 0 Å². The standard InChI is InChI=1S/C22H30N2O2/c1-4-6-11-22-15-23-13-21(3,20(22)25)14-24(16-22)19(23)17-7-9-18(10-8-17)26-12-5-2/h5,7-10,19H,2,4,6,11-16H2,1,3H3. The van der Waals surface area contributed by atoms with Gasteiger partial charge in [0.05, 0.1) is 17.0 Å². The van der Waals surface area contributed by atoms with Crippen molar-refractivity contribution in [2.24, 2.45) is 10.8 Å². The van der Waals surface area contributed by atoms with Crippen molar-refractivity contribution >= 4 is 5.78 Å². The van der Waals surface area contributed by atoms with Gasteiger partial charge in [-0.15, -0.1) is 0 Å². The van der Waals surface area contributed by atoms with Crippen LogP contribution in [-0.2, 0) is 4.79 Å². The molecule has 4 heteroatoms. The summed E-state index contributed by atoms with van der Waals surface area (Å²) in [4.78, 5) is 18.3. The maximum Gasteiger partial charge on any atom is 0.150 e. The van der Waals surface area contributed by atoms with Crippen molar-refractivity contribution in [1.82, 2.24) is 9.80 Å². The number of benzene rings is 1. The molecule has 4 bridgehead atoms. The van der Waals surface area contributed by atoms with Crippen LogP contribution < -0.4 is 4.74 Å². The monoisotopic (exact) mass is 354 g/mol. The minimum absolute atomic E-state index is 0.148. The van der Waals surface area contributed by atoms with Gasteiger partial charge in [-0.1, -0.05) is 51.5 Å². The molecule has 4 aliphatic heterocycles. The van der Waals surface area contributed by atoms with Crippen LogP contribution >= 0.6 is 0 Å². The number of carbonyl (C=O) groups excluding carboxylic acids is 1. The first-order chi connectivity index (χ1) is 12.5. The van der Waals surface area contributed by atoms with Gasteiger partial charge in [0.25, 0.3) is 0 Å². The summed E-state index contributed by atoms with van der Waals surface area (Å²) < 4.78 is 5.62. The first kappa shape index (κ1) is 17.7. The van der Waals surface area contributed by atoms with E-state index in [1.807, 2.05) is 12.1 Å². The van der Waals surface area contributed by atoms with E-state index < -0.39 is 0 Å². The Morgan fingerprint density at radius 2 is 1.85 bits per heavy atom. The van der Waals surface area contributed by atoms with Crippen LogP contribution in [0.2, 0.25) is 0 Å². The van der Waals surface area contributed by atoms with E-state index in [0.29, 0.717) is 18.6 Å². The Hall–Kier alpha value is -1.65. The molecule has 4 nitrogen and oxygen atoms in total. The molecule has 2 unspecified atom stereocenters. The van der Waals surface area contributed by atoms with Crippen LogP contribution in [-0.4, -0.2) is 48.4 Å². The molecule has 5 rings (SSSR count). The van der Waals surface area contributed by atoms with Crippen molar-refractivity contribution in [3.8, 4) is 5.75 Å². The SMILES string of the molecule is C=CCOc1ccc(C2N3CC4(C)CN2CC(CCCC)(C3)C4=O)cc1. The van der Waals surface area contributed by atoms with E-state index in [1.165, 1.54) is 5.56 Å². The molecule has 4 saturated heterocycles. The van der Waals surface area contributed by atoms with Crippen LogP contribution in [0.1, 0.15) is 44.8 Å². The normalized spacial score (nSPS) is 37.8. The highest BCUT2D eigenvalue weighted by atomic mass is 16.5. The Labute approximate surface area is 156 Å². The molecule has 0 N–H and O–H groups in total. The van der Waals surface area contributed by atoms with Crippen LogP contribution in [0.25, 0.3) is 0 Å². The Morgan fingerprint density at radius 3 is 2.42 bits per heavy atom. The number of ketones is 1. The fraction of sp³-hybridized carbons (Fsp3) is 0.591. The van der Waals surface area contributed by atoms with Crippen molar-refractivity contribution in [3.63, 3.8) is 0 Å². The molecule has 0 aromatic heterocycles. The molecule has 0 radical (unpaired) electrons. The summed E-state index contributed by atoms with van der Waals surface area (Å²) in [5.74, 6) is 1.40. The van der Waals surface area contributed by atoms with Gasteiger partial charge in [-0.3, -0.25) is 14.6 Å². The highest BCUT2D eigenvalue weighted by Gasteiger charge is 2.63. The number of ether oxygens (including phenoxy) is 1. The molecule has 4 heterocycles. The molecular weight excluding hydrogens is 324 g/mol. The van der Waals surface area contributed by atoms with E-state index in [0.717, 1.165) is 51.2 Å². The second-order valence-corrected chi connectivity index (χ2v) is 8.63. The molecule has 26 heavy (non-hydrogen) atoms. The number of rotatable bonds is 7. The largest absolute Gasteiger partial charge is 0.490 e. The number of piperidine rings is 2. The summed E-state index contributed by atoms with van der Waals surface area (Å²) in [6.45, 7) is 12.2. The van der Waals surface area contributed by atoms with E-state index in [-0.39, 0.29) is 10.8 Å². The minimum Gasteiger partial charge on any atom is -0.490 e. The molecule has 0 saturated carbocycles. The fourth-order valence-electron chi connectivity index (χ4n) is 5.49. The summed E-state index contributed by atoms with van der Waals surface area (Å²) in [7, 11) is 0. The summed E-state index contributed by atoms with van der Waals surface area (Å²) in [6, 6.07) is 8.44. The number of unbranched alkanes of at least 4 members (excludes halogenated alkanes) is 1. The first-order valence-electron chi connectivity index (χ1n) is 9.88. The fourth-order valence-corrected chi connectivity index (χ4v) is 5.49. The maximum atomic E-state index is 13.2. The number of carbonyl (C=O) groups is 1. The van der Waals surface area contributed by atoms with Gasteiger partial charge in [-0.2, -0.15) is 0 Å². The predicted octanol–water partition coefficient (Wildman–Crippen LogP) is 3.65. The highest BCUT2D eigenvalue weighted by Crippen LogP contribution is 2.53. The quantitative estimate of drug-likeness (QED) is 0.700. The van der Waals surface area contributed by atoms with Crippen molar-refractivity contribution < 1.29 is 9.53 Å². The van der Waals surface area contributed by atoms with Crippen molar-refractivity contribution in [3.05, 3.63) is 42.5 Å². The summed E-state index contributed by atoms with van der Waals surface area (Å²) in [5, 5.41) is 0. The smallest absolute Gasteiger partial charge is 0.150 e. The lowest BCUT2D eigenvalue weighted by molar-refractivity contribution is -0.201. The van der Waals surface area contributed by atoms with Gasteiger partial charge in [0.15, 0.2) is 0 Å². The molecule has 0 amide bonds. The average Bonchev–Trinajstić information content (AvgIpc) is 2.63. The minimum atomic E-state index is -0.201. The summed E-state index contributed by atoms with van der Waals surface area (Å²) in [5.41, 5.74) is 0.954. The van der Waals surface area contributed by atoms with Gasteiger partial charge in [0.1, 0.15) is 18.1 Å². The predicted molar refractivity (Wildman–Crippen MR) is 103 cm³/mol. The van der Waals surface area contributed by atoms with Gasteiger partial charge >= 0.3 is 0 Å². The number of nitrogens with zero attached hydrogens (tertiary/aromatic N) is 2. The third kappa shape index (κ3) is 2.71. The van der Waals surface area contributed by atoms with Gasteiger partial charge in [-0.05, 0) is 24.1 Å². The van der Waals surface area contributed by atoms with E-state index in [1.54, 1.807) is 6.08 Å². The highest BCUT2D eigenvalue weighted by molar-refractivity contribution is 5.93. The molecule has 140 valence electrons. The van der Waals surface area contributed by atoms with Crippen molar-refractivity contribution in [1.29, 1.82) is 0 Å². The summed E-state index contributed by atoms with van der Waals surface area (Å²) in [6.07, 6.45) is 5.38. The van der Waals surface area contributed by atoms with Crippen LogP contribution in [0, 0.1) is 10.8 Å². The van der Waals surface area contributed by atoms with Gasteiger partial charge in [0.2, 0.25) is 0 Å². The van der Waals surface area contributed by atoms with E-state index in [9.17, 15) is 4.79 Å². The van der Waals surface area contributed by atoms with Crippen molar-refractivity contribution in [2.45, 2.75) is 39.3 Å². The first-order valence-corrected chi connectivity index (χ1v) is 9.88. The second-order valence-electron chi connectivity index (χ2n) is 8.63. The lowest BCUT2D eigenvalue weighted by Crippen LogP contribution is -2.76. The molecule has 1 aromatic carbocycles. The van der Waals surface area contributed by atoms with Crippen LogP contribution in [0.15, 0.2) is 36.9 Å². The van der Waals surface area contributed by atoms with E-state index in [2.05, 4.69) is 42.4 Å². The summed E-state index contributed by atoms with van der Waals surface area (Å²) >= 11 is 0. The molecule has 2 atom stereocenters. The third-order valence-electron chi connectivity index (χ3n) is 6.39. The third-order valence-corrected chi connectivity index (χ3v) is 6.39. The lowest BCUT2D eigenvalue weighted by Gasteiger charge is -2.65. The Morgan fingerprint density at radius 1 is 1.19 bits per heavy atom. The molecular formula is C22H30N2O2. The van der Waals surface area contributed by atoms with Crippen molar-refractivity contribution in [2.75, 3.05) is 32.8 Å². The Kier molecular flexibility index (Phi) is 4.44. The second kappa shape index (κ2) is 6.50. The zero-order valence-corrected chi connectivity index (χ0v) is 16.0. The van der Waals surface area contributed by atoms with Gasteiger partial charge in [0, 0.05) is 26.2 Å². The number of hydrogen-bond donors (Lipinski definition) is 0. The molecule has 4 fully saturated rings. The topological polar surface area (TPSA) is 32.8 Å². The van der Waals surface area contributed by atoms with Crippen LogP contribution in [0.5, 0.6) is 5.75 Å². The molecule has 0 spiro atoms. The number of Topliss-reactive ketones (excluding diaryl/α,β-unsaturated/α-hetero) is 1. The lowest BCUT2D eigenvalue weighted by atomic mass is 9.59. The Bertz CT molecular complexity index is 681. The van der Waals surface area contributed by atoms with Crippen LogP contribution in [0.4, 0.5) is 0 Å². The Balaban J connectivity index is 1.58. The van der Waals surface area contributed by atoms with Gasteiger partial charge < -0.3 is 4.74 Å². The number of hydrogen-bond acceptors (Lipinski definition) is 4. The van der Waals surface area contributed by atoms with E-state index in [4.69, 9.17) is 4.74 Å². The zero-order chi connectivity index (χ0) is 18.4. The maximum absolute atomic E-state index is 13.2. The molecule has 1 aromatic rings. The van der Waals surface area contributed by atoms with Gasteiger partial charge in [-0.25, -0.2) is 0 Å². The van der Waals surface area contributed by atoms with Crippen LogP contribution in [0.3, 0.4) is 0 Å². The molecule has 4 aliphatic rings.